The van der Waals surface area contributed by atoms with Crippen LogP contribution in [0.5, 0.6) is 5.75 Å². The lowest BCUT2D eigenvalue weighted by molar-refractivity contribution is 0.318. The van der Waals surface area contributed by atoms with Crippen molar-refractivity contribution in [3.8, 4) is 5.75 Å². The minimum Gasteiger partial charge on any atom is -0.494 e. The molecule has 0 aromatic heterocycles. The molecule has 0 bridgehead atoms. The molecule has 0 aliphatic heterocycles. The van der Waals surface area contributed by atoms with E-state index < -0.39 is 10.8 Å². The zero-order valence-corrected chi connectivity index (χ0v) is 13.0. The molecule has 0 saturated heterocycles. The summed E-state index contributed by atoms with van der Waals surface area (Å²) in [5, 5.41) is 0.657. The van der Waals surface area contributed by atoms with Gasteiger partial charge in [0.1, 0.15) is 11.6 Å². The Morgan fingerprint density at radius 3 is 2.62 bits per heavy atom. The van der Waals surface area contributed by atoms with E-state index in [9.17, 15) is 8.60 Å². The highest BCUT2D eigenvalue weighted by molar-refractivity contribution is 7.84. The van der Waals surface area contributed by atoms with Gasteiger partial charge in [-0.1, -0.05) is 23.7 Å². The predicted molar refractivity (Wildman–Crippen MR) is 84.7 cm³/mol. The third-order valence-corrected chi connectivity index (χ3v) is 4.45. The minimum atomic E-state index is -0.939. The Balaban J connectivity index is 1.68. The second kappa shape index (κ2) is 8.15. The van der Waals surface area contributed by atoms with E-state index in [2.05, 4.69) is 0 Å². The van der Waals surface area contributed by atoms with E-state index in [0.29, 0.717) is 35.3 Å². The summed E-state index contributed by atoms with van der Waals surface area (Å²) in [6.07, 6.45) is 0.685. The molecular weight excluding hydrogens is 311 g/mol. The van der Waals surface area contributed by atoms with E-state index in [-0.39, 0.29) is 5.82 Å². The van der Waals surface area contributed by atoms with Crippen molar-refractivity contribution in [2.45, 2.75) is 12.2 Å². The number of benzene rings is 2. The monoisotopic (exact) mass is 326 g/mol. The van der Waals surface area contributed by atoms with Crippen LogP contribution in [-0.2, 0) is 16.6 Å². The molecule has 2 rings (SSSR count). The van der Waals surface area contributed by atoms with Crippen LogP contribution in [-0.4, -0.2) is 16.6 Å². The third-order valence-electron chi connectivity index (χ3n) is 2.82. The highest BCUT2D eigenvalue weighted by atomic mass is 35.5. The summed E-state index contributed by atoms with van der Waals surface area (Å²) in [4.78, 5) is 0. The highest BCUT2D eigenvalue weighted by Crippen LogP contribution is 2.13. The highest BCUT2D eigenvalue weighted by Gasteiger charge is 2.03. The van der Waals surface area contributed by atoms with Gasteiger partial charge in [0.25, 0.3) is 0 Å². The number of halogens is 2. The summed E-state index contributed by atoms with van der Waals surface area (Å²) >= 11 is 5.89. The first-order chi connectivity index (χ1) is 10.1. The van der Waals surface area contributed by atoms with Gasteiger partial charge in [-0.2, -0.15) is 0 Å². The predicted octanol–water partition coefficient (Wildman–Crippen LogP) is 4.20. The van der Waals surface area contributed by atoms with Crippen molar-refractivity contribution in [2.24, 2.45) is 0 Å². The molecule has 0 saturated carbocycles. The van der Waals surface area contributed by atoms with Gasteiger partial charge in [-0.05, 0) is 48.4 Å². The summed E-state index contributed by atoms with van der Waals surface area (Å²) in [5.74, 6) is 1.40. The van der Waals surface area contributed by atoms with Gasteiger partial charge in [-0.15, -0.1) is 0 Å². The first-order valence-corrected chi connectivity index (χ1v) is 8.48. The molecule has 112 valence electrons. The van der Waals surface area contributed by atoms with Gasteiger partial charge in [0.05, 0.1) is 6.61 Å². The summed E-state index contributed by atoms with van der Waals surface area (Å²) in [7, 11) is -0.939. The number of ether oxygens (including phenoxy) is 1. The van der Waals surface area contributed by atoms with Crippen molar-refractivity contribution < 1.29 is 13.3 Å². The van der Waals surface area contributed by atoms with Crippen LogP contribution in [0, 0.1) is 5.82 Å². The zero-order valence-electron chi connectivity index (χ0n) is 11.4. The van der Waals surface area contributed by atoms with Crippen molar-refractivity contribution >= 4 is 22.4 Å². The first kappa shape index (κ1) is 16.0. The first-order valence-electron chi connectivity index (χ1n) is 6.61. The lowest BCUT2D eigenvalue weighted by Crippen LogP contribution is -2.06. The summed E-state index contributed by atoms with van der Waals surface area (Å²) in [6, 6.07) is 13.3. The van der Waals surface area contributed by atoms with E-state index in [1.165, 1.54) is 12.1 Å². The fourth-order valence-corrected chi connectivity index (χ4v) is 3.17. The lowest BCUT2D eigenvalue weighted by atomic mass is 10.2. The Morgan fingerprint density at radius 1 is 1.14 bits per heavy atom. The Hall–Kier alpha value is -1.39. The maximum absolute atomic E-state index is 12.7. The van der Waals surface area contributed by atoms with Gasteiger partial charge in [0, 0.05) is 27.3 Å². The van der Waals surface area contributed by atoms with Crippen molar-refractivity contribution in [1.29, 1.82) is 0 Å². The lowest BCUT2D eigenvalue weighted by Gasteiger charge is -2.06. The Bertz CT molecular complexity index is 601. The molecule has 21 heavy (non-hydrogen) atoms. The van der Waals surface area contributed by atoms with E-state index in [1.807, 2.05) is 18.2 Å². The van der Waals surface area contributed by atoms with Gasteiger partial charge in [0.2, 0.25) is 0 Å². The number of rotatable bonds is 7. The van der Waals surface area contributed by atoms with E-state index >= 15 is 0 Å². The Kier molecular flexibility index (Phi) is 6.21. The number of hydrogen-bond acceptors (Lipinski definition) is 2. The molecule has 0 aliphatic carbocycles. The Morgan fingerprint density at radius 2 is 1.90 bits per heavy atom. The Labute approximate surface area is 131 Å². The molecule has 0 amide bonds. The fourth-order valence-electron chi connectivity index (χ4n) is 1.83. The van der Waals surface area contributed by atoms with Gasteiger partial charge >= 0.3 is 0 Å². The summed E-state index contributed by atoms with van der Waals surface area (Å²) in [6.45, 7) is 0.465. The van der Waals surface area contributed by atoms with Crippen molar-refractivity contribution in [3.05, 3.63) is 64.9 Å². The van der Waals surface area contributed by atoms with Crippen molar-refractivity contribution in [3.63, 3.8) is 0 Å². The molecule has 0 N–H and O–H groups in total. The van der Waals surface area contributed by atoms with Crippen molar-refractivity contribution in [1.82, 2.24) is 0 Å². The molecule has 2 nitrogen and oxygen atoms in total. The van der Waals surface area contributed by atoms with E-state index in [4.69, 9.17) is 16.3 Å². The molecule has 0 fully saturated rings. The second-order valence-corrected chi connectivity index (χ2v) is 6.59. The van der Waals surface area contributed by atoms with Crippen LogP contribution in [0.1, 0.15) is 12.0 Å². The average Bonchev–Trinajstić information content (AvgIpc) is 2.45. The van der Waals surface area contributed by atoms with Crippen molar-refractivity contribution in [2.75, 3.05) is 12.4 Å². The number of hydrogen-bond donors (Lipinski definition) is 0. The van der Waals surface area contributed by atoms with Crippen LogP contribution < -0.4 is 4.74 Å². The van der Waals surface area contributed by atoms with Gasteiger partial charge < -0.3 is 4.74 Å². The van der Waals surface area contributed by atoms with Gasteiger partial charge in [0.15, 0.2) is 0 Å². The molecule has 1 atom stereocenters. The maximum atomic E-state index is 12.7. The van der Waals surface area contributed by atoms with Crippen LogP contribution in [0.2, 0.25) is 5.02 Å². The normalized spacial score (nSPS) is 12.1. The maximum Gasteiger partial charge on any atom is 0.123 e. The molecule has 0 radical (unpaired) electrons. The SMILES string of the molecule is O=[S@](CCCOc1ccc(F)cc1)Cc1cccc(Cl)c1. The van der Waals surface area contributed by atoms with Crippen LogP contribution in [0.15, 0.2) is 48.5 Å². The quantitative estimate of drug-likeness (QED) is 0.713. The van der Waals surface area contributed by atoms with Gasteiger partial charge in [-0.3, -0.25) is 4.21 Å². The van der Waals surface area contributed by atoms with Gasteiger partial charge in [-0.25, -0.2) is 4.39 Å². The topological polar surface area (TPSA) is 26.3 Å². The smallest absolute Gasteiger partial charge is 0.123 e. The molecule has 0 heterocycles. The molecule has 0 unspecified atom stereocenters. The molecule has 5 heteroatoms. The molecule has 0 aliphatic rings. The van der Waals surface area contributed by atoms with Crippen LogP contribution in [0.25, 0.3) is 0 Å². The van der Waals surface area contributed by atoms with Crippen LogP contribution >= 0.6 is 11.6 Å². The molecule has 0 spiro atoms. The summed E-state index contributed by atoms with van der Waals surface area (Å²) < 4.78 is 30.1. The molecular formula is C16H16ClFO2S. The zero-order chi connectivity index (χ0) is 15.1. The molecule has 2 aromatic carbocycles. The van der Waals surface area contributed by atoms with E-state index in [0.717, 1.165) is 5.56 Å². The standard InChI is InChI=1S/C16H16ClFO2S/c17-14-4-1-3-13(11-14)12-21(19)10-2-9-20-16-7-5-15(18)6-8-16/h1,3-8,11H,2,9-10,12H2/t21-/m1/s1. The molecule has 2 aromatic rings. The fraction of sp³-hybridized carbons (Fsp3) is 0.250. The largest absolute Gasteiger partial charge is 0.494 e. The second-order valence-electron chi connectivity index (χ2n) is 4.57. The van der Waals surface area contributed by atoms with Crippen LogP contribution in [0.4, 0.5) is 4.39 Å². The van der Waals surface area contributed by atoms with Crippen LogP contribution in [0.3, 0.4) is 0 Å². The average molecular weight is 327 g/mol. The minimum absolute atomic E-state index is 0.287. The summed E-state index contributed by atoms with van der Waals surface area (Å²) in [5.41, 5.74) is 0.972. The van der Waals surface area contributed by atoms with E-state index in [1.54, 1.807) is 18.2 Å². The third kappa shape index (κ3) is 5.86.